The molecule has 1 aliphatic heterocycles. The molecule has 0 spiro atoms. The van der Waals surface area contributed by atoms with E-state index in [0.717, 1.165) is 6.26 Å². The summed E-state index contributed by atoms with van der Waals surface area (Å²) in [5.41, 5.74) is 1.38. The molecular weight excluding hydrogens is 366 g/mol. The van der Waals surface area contributed by atoms with Crippen molar-refractivity contribution in [2.75, 3.05) is 34.3 Å². The zero-order chi connectivity index (χ0) is 18.0. The Hall–Kier alpha value is -2.45. The van der Waals surface area contributed by atoms with Gasteiger partial charge in [0.05, 0.1) is 18.5 Å². The van der Waals surface area contributed by atoms with Crippen molar-refractivity contribution in [2.24, 2.45) is 0 Å². The number of halogens is 1. The van der Waals surface area contributed by atoms with E-state index in [4.69, 9.17) is 16.3 Å². The number of urea groups is 1. The second kappa shape index (κ2) is 6.81. The van der Waals surface area contributed by atoms with Crippen molar-refractivity contribution >= 4 is 44.7 Å². The molecule has 0 radical (unpaired) electrons. The number of rotatable bonds is 3. The van der Waals surface area contributed by atoms with Gasteiger partial charge in [-0.1, -0.05) is 17.7 Å². The van der Waals surface area contributed by atoms with Gasteiger partial charge < -0.3 is 15.4 Å². The lowest BCUT2D eigenvalue weighted by atomic mass is 10.2. The highest BCUT2D eigenvalue weighted by Gasteiger charge is 2.25. The highest BCUT2D eigenvalue weighted by molar-refractivity contribution is 7.92. The second-order valence-corrected chi connectivity index (χ2v) is 7.80. The smallest absolute Gasteiger partial charge is 0.323 e. The molecule has 1 heterocycles. The van der Waals surface area contributed by atoms with E-state index in [1.54, 1.807) is 42.5 Å². The summed E-state index contributed by atoms with van der Waals surface area (Å²) in [6, 6.07) is 11.1. The molecule has 0 bridgehead atoms. The number of fused-ring (bicyclic) bond motifs is 1. The summed E-state index contributed by atoms with van der Waals surface area (Å²) in [5, 5.41) is 5.82. The van der Waals surface area contributed by atoms with Gasteiger partial charge in [0.1, 0.15) is 12.4 Å². The summed E-state index contributed by atoms with van der Waals surface area (Å²) in [6.45, 7) is 0.506. The van der Waals surface area contributed by atoms with Gasteiger partial charge >= 0.3 is 6.03 Å². The number of anilines is 3. The van der Waals surface area contributed by atoms with E-state index in [1.807, 2.05) is 0 Å². The number of hydrogen-bond donors (Lipinski definition) is 2. The first kappa shape index (κ1) is 17.4. The Balaban J connectivity index is 1.79. The first-order valence-corrected chi connectivity index (χ1v) is 9.64. The van der Waals surface area contributed by atoms with Gasteiger partial charge in [-0.25, -0.2) is 13.2 Å². The fraction of sp³-hybridized carbons (Fsp3) is 0.188. The maximum Gasteiger partial charge on any atom is 0.323 e. The van der Waals surface area contributed by atoms with E-state index in [1.165, 1.54) is 4.31 Å². The molecule has 0 saturated heterocycles. The van der Waals surface area contributed by atoms with Crippen LogP contribution in [0.15, 0.2) is 42.5 Å². The summed E-state index contributed by atoms with van der Waals surface area (Å²) < 4.78 is 30.6. The molecule has 0 aromatic heterocycles. The maximum absolute atomic E-state index is 12.1. The summed E-state index contributed by atoms with van der Waals surface area (Å²) in [5.74, 6) is 0.456. The normalized spacial score (nSPS) is 13.6. The summed E-state index contributed by atoms with van der Waals surface area (Å²) in [6.07, 6.45) is 1.13. The zero-order valence-electron chi connectivity index (χ0n) is 13.3. The third-order valence-electron chi connectivity index (χ3n) is 3.52. The van der Waals surface area contributed by atoms with E-state index in [0.29, 0.717) is 27.8 Å². The highest BCUT2D eigenvalue weighted by Crippen LogP contribution is 2.35. The van der Waals surface area contributed by atoms with Crippen LogP contribution in [-0.4, -0.2) is 33.9 Å². The first-order valence-electron chi connectivity index (χ1n) is 7.41. The van der Waals surface area contributed by atoms with Crippen molar-refractivity contribution in [1.82, 2.24) is 0 Å². The first-order chi connectivity index (χ1) is 11.8. The van der Waals surface area contributed by atoms with Gasteiger partial charge in [-0.05, 0) is 36.4 Å². The molecule has 0 fully saturated rings. The third kappa shape index (κ3) is 4.15. The molecule has 0 aliphatic carbocycles. The van der Waals surface area contributed by atoms with Gasteiger partial charge in [-0.15, -0.1) is 0 Å². The van der Waals surface area contributed by atoms with Crippen LogP contribution in [0.2, 0.25) is 5.02 Å². The van der Waals surface area contributed by atoms with Crippen LogP contribution in [0.25, 0.3) is 0 Å². The molecule has 2 N–H and O–H groups in total. The summed E-state index contributed by atoms with van der Waals surface area (Å²) in [7, 11) is -3.43. The molecular formula is C16H16ClN3O4S. The maximum atomic E-state index is 12.1. The van der Waals surface area contributed by atoms with Crippen LogP contribution >= 0.6 is 11.6 Å². The van der Waals surface area contributed by atoms with Gasteiger partial charge in [0.15, 0.2) is 0 Å². The SMILES string of the molecule is CS(=O)(=O)N1CCOc2ccc(NC(=O)Nc3cccc(Cl)c3)cc21. The average molecular weight is 382 g/mol. The standard InChI is InChI=1S/C16H16ClN3O4S/c1-25(22,23)20-7-8-24-15-6-5-13(10-14(15)20)19-16(21)18-12-4-2-3-11(17)9-12/h2-6,9-10H,7-8H2,1H3,(H2,18,19,21). The molecule has 3 rings (SSSR count). The molecule has 132 valence electrons. The van der Waals surface area contributed by atoms with Crippen LogP contribution in [-0.2, 0) is 10.0 Å². The Kier molecular flexibility index (Phi) is 4.73. The number of ether oxygens (including phenoxy) is 1. The Morgan fingerprint density at radius 2 is 1.88 bits per heavy atom. The number of hydrogen-bond acceptors (Lipinski definition) is 4. The van der Waals surface area contributed by atoms with Crippen molar-refractivity contribution in [2.45, 2.75) is 0 Å². The van der Waals surface area contributed by atoms with Gasteiger partial charge in [-0.2, -0.15) is 0 Å². The number of sulfonamides is 1. The quantitative estimate of drug-likeness (QED) is 0.854. The molecule has 1 aliphatic rings. The summed E-state index contributed by atoms with van der Waals surface area (Å²) in [4.78, 5) is 12.1. The molecule has 25 heavy (non-hydrogen) atoms. The number of nitrogens with zero attached hydrogens (tertiary/aromatic N) is 1. The van der Waals surface area contributed by atoms with Crippen molar-refractivity contribution in [3.63, 3.8) is 0 Å². The zero-order valence-corrected chi connectivity index (χ0v) is 14.9. The predicted molar refractivity (Wildman–Crippen MR) is 98.2 cm³/mol. The lowest BCUT2D eigenvalue weighted by Crippen LogP contribution is -2.37. The number of carbonyl (C=O) groups excluding carboxylic acids is 1. The van der Waals surface area contributed by atoms with Crippen LogP contribution in [0.4, 0.5) is 21.9 Å². The topological polar surface area (TPSA) is 87.7 Å². The second-order valence-electron chi connectivity index (χ2n) is 5.46. The highest BCUT2D eigenvalue weighted by atomic mass is 35.5. The van der Waals surface area contributed by atoms with Crippen molar-refractivity contribution in [3.05, 3.63) is 47.5 Å². The fourth-order valence-electron chi connectivity index (χ4n) is 2.48. The van der Waals surface area contributed by atoms with Crippen molar-refractivity contribution in [3.8, 4) is 5.75 Å². The minimum Gasteiger partial charge on any atom is -0.489 e. The molecule has 0 atom stereocenters. The number of nitrogens with one attached hydrogen (secondary N) is 2. The lowest BCUT2D eigenvalue weighted by Gasteiger charge is -2.29. The Morgan fingerprint density at radius 3 is 2.56 bits per heavy atom. The number of amides is 2. The number of carbonyl (C=O) groups is 1. The third-order valence-corrected chi connectivity index (χ3v) is 4.94. The monoisotopic (exact) mass is 381 g/mol. The number of benzene rings is 2. The van der Waals surface area contributed by atoms with Crippen LogP contribution in [0.3, 0.4) is 0 Å². The van der Waals surface area contributed by atoms with Crippen LogP contribution in [0.5, 0.6) is 5.75 Å². The van der Waals surface area contributed by atoms with E-state index >= 15 is 0 Å². The van der Waals surface area contributed by atoms with Gasteiger partial charge in [0.25, 0.3) is 0 Å². The lowest BCUT2D eigenvalue weighted by molar-refractivity contribution is 0.262. The van der Waals surface area contributed by atoms with E-state index in [9.17, 15) is 13.2 Å². The average Bonchev–Trinajstić information content (AvgIpc) is 2.53. The molecule has 2 aromatic carbocycles. The Bertz CT molecular complexity index is 917. The van der Waals surface area contributed by atoms with Gasteiger partial charge in [-0.3, -0.25) is 4.31 Å². The van der Waals surface area contributed by atoms with Crippen LogP contribution in [0.1, 0.15) is 0 Å². The summed E-state index contributed by atoms with van der Waals surface area (Å²) >= 11 is 5.88. The molecule has 0 unspecified atom stereocenters. The van der Waals surface area contributed by atoms with Crippen molar-refractivity contribution in [1.29, 1.82) is 0 Å². The Labute approximate surface area is 150 Å². The van der Waals surface area contributed by atoms with Crippen LogP contribution in [0, 0.1) is 0 Å². The van der Waals surface area contributed by atoms with Gasteiger partial charge in [0.2, 0.25) is 10.0 Å². The molecule has 9 heteroatoms. The van der Waals surface area contributed by atoms with Gasteiger partial charge in [0, 0.05) is 16.4 Å². The minimum atomic E-state index is -3.43. The largest absolute Gasteiger partial charge is 0.489 e. The van der Waals surface area contributed by atoms with E-state index in [2.05, 4.69) is 10.6 Å². The molecule has 2 amide bonds. The molecule has 2 aromatic rings. The van der Waals surface area contributed by atoms with E-state index < -0.39 is 16.1 Å². The molecule has 7 nitrogen and oxygen atoms in total. The van der Waals surface area contributed by atoms with Crippen LogP contribution < -0.4 is 19.7 Å². The fourth-order valence-corrected chi connectivity index (χ4v) is 3.57. The molecule has 0 saturated carbocycles. The van der Waals surface area contributed by atoms with Crippen molar-refractivity contribution < 1.29 is 17.9 Å². The predicted octanol–water partition coefficient (Wildman–Crippen LogP) is 3.14. The minimum absolute atomic E-state index is 0.226. The Morgan fingerprint density at radius 1 is 1.16 bits per heavy atom. The van der Waals surface area contributed by atoms with E-state index in [-0.39, 0.29) is 13.2 Å².